The molecule has 23 heavy (non-hydrogen) atoms. The summed E-state index contributed by atoms with van der Waals surface area (Å²) in [6.07, 6.45) is 1.27. The van der Waals surface area contributed by atoms with Crippen molar-refractivity contribution in [2.45, 2.75) is 30.7 Å². The van der Waals surface area contributed by atoms with Gasteiger partial charge in [-0.05, 0) is 6.07 Å². The smallest absolute Gasteiger partial charge is 0.277 e. The molecule has 1 aromatic carbocycles. The number of benzene rings is 1. The van der Waals surface area contributed by atoms with Crippen molar-refractivity contribution < 1.29 is 13.7 Å². The summed E-state index contributed by atoms with van der Waals surface area (Å²) in [6, 6.07) is 7.75. The number of hydrogen-bond acceptors (Lipinski definition) is 8. The highest BCUT2D eigenvalue weighted by Gasteiger charge is 2.12. The molecule has 0 radical (unpaired) electrons. The lowest BCUT2D eigenvalue weighted by Crippen LogP contribution is -1.93. The van der Waals surface area contributed by atoms with Crippen LogP contribution in [0.5, 0.6) is 5.75 Å². The summed E-state index contributed by atoms with van der Waals surface area (Å²) in [5.74, 6) is 3.09. The summed E-state index contributed by atoms with van der Waals surface area (Å²) in [7, 11) is 1.64. The van der Waals surface area contributed by atoms with Gasteiger partial charge in [0.2, 0.25) is 11.8 Å². The van der Waals surface area contributed by atoms with Crippen molar-refractivity contribution in [2.24, 2.45) is 0 Å². The van der Waals surface area contributed by atoms with E-state index < -0.39 is 0 Å². The van der Waals surface area contributed by atoms with Crippen LogP contribution >= 0.6 is 11.8 Å². The first-order chi connectivity index (χ1) is 11.3. The highest BCUT2D eigenvalue weighted by atomic mass is 32.2. The fourth-order valence-electron chi connectivity index (χ4n) is 2.00. The molecule has 120 valence electrons. The lowest BCUT2D eigenvalue weighted by Gasteiger charge is -2.05. The summed E-state index contributed by atoms with van der Waals surface area (Å²) in [6.45, 7) is 1.98. The average Bonchev–Trinajstić information content (AvgIpc) is 3.22. The zero-order chi connectivity index (χ0) is 16.1. The van der Waals surface area contributed by atoms with Crippen LogP contribution in [0.25, 0.3) is 0 Å². The predicted octanol–water partition coefficient (Wildman–Crippen LogP) is 2.91. The van der Waals surface area contributed by atoms with Gasteiger partial charge in [0.05, 0.1) is 19.3 Å². The third-order valence-electron chi connectivity index (χ3n) is 3.13. The van der Waals surface area contributed by atoms with Crippen LogP contribution in [0.1, 0.15) is 30.1 Å². The first-order valence-corrected chi connectivity index (χ1v) is 8.15. The third kappa shape index (κ3) is 3.89. The standard InChI is InChI=1S/C15H16N4O3S/c1-3-12-16-14(22-19-12)9-23-15-18-17-13(21-15)8-10-6-4-5-7-11(10)20-2/h4-7H,3,8-9H2,1-2H3. The van der Waals surface area contributed by atoms with Crippen LogP contribution in [0.15, 0.2) is 38.4 Å². The zero-order valence-electron chi connectivity index (χ0n) is 12.9. The molecule has 0 atom stereocenters. The molecule has 0 N–H and O–H groups in total. The first-order valence-electron chi connectivity index (χ1n) is 7.17. The van der Waals surface area contributed by atoms with Gasteiger partial charge in [-0.3, -0.25) is 0 Å². The minimum atomic E-state index is 0.478. The fourth-order valence-corrected chi connectivity index (χ4v) is 2.61. The number of ether oxygens (including phenoxy) is 1. The third-order valence-corrected chi connectivity index (χ3v) is 3.93. The summed E-state index contributed by atoms with van der Waals surface area (Å²) in [5, 5.41) is 12.4. The Kier molecular flexibility index (Phi) is 4.92. The molecular formula is C15H16N4O3S. The Hall–Kier alpha value is -2.35. The second kappa shape index (κ2) is 7.28. The quantitative estimate of drug-likeness (QED) is 0.610. The Morgan fingerprint density at radius 2 is 2.04 bits per heavy atom. The van der Waals surface area contributed by atoms with E-state index in [9.17, 15) is 0 Å². The van der Waals surface area contributed by atoms with E-state index in [1.54, 1.807) is 7.11 Å². The Morgan fingerprint density at radius 1 is 1.17 bits per heavy atom. The number of nitrogens with zero attached hydrogens (tertiary/aromatic N) is 4. The van der Waals surface area contributed by atoms with Crippen molar-refractivity contribution in [3.63, 3.8) is 0 Å². The molecule has 0 bridgehead atoms. The van der Waals surface area contributed by atoms with E-state index in [0.29, 0.717) is 35.0 Å². The molecule has 0 unspecified atom stereocenters. The molecule has 2 heterocycles. The Balaban J connectivity index is 1.61. The van der Waals surface area contributed by atoms with Gasteiger partial charge in [-0.1, -0.05) is 42.0 Å². The van der Waals surface area contributed by atoms with Crippen molar-refractivity contribution in [1.82, 2.24) is 20.3 Å². The van der Waals surface area contributed by atoms with Crippen molar-refractivity contribution in [3.05, 3.63) is 47.4 Å². The number of hydrogen-bond donors (Lipinski definition) is 0. The average molecular weight is 332 g/mol. The maximum atomic E-state index is 5.64. The summed E-state index contributed by atoms with van der Waals surface area (Å²) >= 11 is 1.37. The zero-order valence-corrected chi connectivity index (χ0v) is 13.7. The maximum absolute atomic E-state index is 5.64. The molecule has 0 saturated heterocycles. The molecular weight excluding hydrogens is 316 g/mol. The largest absolute Gasteiger partial charge is 0.496 e. The number of methoxy groups -OCH3 is 1. The molecule has 0 aliphatic carbocycles. The number of aryl methyl sites for hydroxylation is 1. The summed E-state index contributed by atoms with van der Waals surface area (Å²) < 4.78 is 16.1. The summed E-state index contributed by atoms with van der Waals surface area (Å²) in [4.78, 5) is 4.24. The first kappa shape index (κ1) is 15.5. The molecule has 8 heteroatoms. The van der Waals surface area contributed by atoms with Gasteiger partial charge in [-0.25, -0.2) is 0 Å². The molecule has 0 spiro atoms. The monoisotopic (exact) mass is 332 g/mol. The van der Waals surface area contributed by atoms with E-state index in [2.05, 4.69) is 20.3 Å². The molecule has 0 amide bonds. The van der Waals surface area contributed by atoms with Crippen molar-refractivity contribution in [3.8, 4) is 5.75 Å². The normalized spacial score (nSPS) is 10.9. The molecule has 0 aliphatic rings. The van der Waals surface area contributed by atoms with Crippen LogP contribution in [0, 0.1) is 0 Å². The Labute approximate surface area is 137 Å². The minimum absolute atomic E-state index is 0.478. The van der Waals surface area contributed by atoms with E-state index >= 15 is 0 Å². The van der Waals surface area contributed by atoms with E-state index in [-0.39, 0.29) is 0 Å². The van der Waals surface area contributed by atoms with Crippen LogP contribution in [0.2, 0.25) is 0 Å². The highest BCUT2D eigenvalue weighted by molar-refractivity contribution is 7.98. The lowest BCUT2D eigenvalue weighted by atomic mass is 10.1. The number of para-hydroxylation sites is 1. The van der Waals surface area contributed by atoms with E-state index in [0.717, 1.165) is 17.7 Å². The fraction of sp³-hybridized carbons (Fsp3) is 0.333. The van der Waals surface area contributed by atoms with Crippen LogP contribution in [0.3, 0.4) is 0 Å². The lowest BCUT2D eigenvalue weighted by molar-refractivity contribution is 0.383. The van der Waals surface area contributed by atoms with Crippen LogP contribution < -0.4 is 4.74 Å². The Morgan fingerprint density at radius 3 is 2.83 bits per heavy atom. The van der Waals surface area contributed by atoms with Crippen LogP contribution in [-0.4, -0.2) is 27.4 Å². The Bertz CT molecular complexity index is 771. The molecule has 2 aromatic heterocycles. The van der Waals surface area contributed by atoms with Crippen molar-refractivity contribution in [1.29, 1.82) is 0 Å². The molecule has 0 fully saturated rings. The number of aromatic nitrogens is 4. The van der Waals surface area contributed by atoms with Crippen LogP contribution in [0.4, 0.5) is 0 Å². The van der Waals surface area contributed by atoms with Gasteiger partial charge >= 0.3 is 0 Å². The van der Waals surface area contributed by atoms with Crippen LogP contribution in [-0.2, 0) is 18.6 Å². The van der Waals surface area contributed by atoms with Gasteiger partial charge in [0, 0.05) is 12.0 Å². The van der Waals surface area contributed by atoms with Gasteiger partial charge in [0.1, 0.15) is 5.75 Å². The molecule has 0 saturated carbocycles. The van der Waals surface area contributed by atoms with E-state index in [1.807, 2.05) is 31.2 Å². The second-order valence-corrected chi connectivity index (χ2v) is 5.62. The van der Waals surface area contributed by atoms with Crippen molar-refractivity contribution in [2.75, 3.05) is 7.11 Å². The van der Waals surface area contributed by atoms with Gasteiger partial charge in [-0.2, -0.15) is 4.98 Å². The number of thioether (sulfide) groups is 1. The van der Waals surface area contributed by atoms with Gasteiger partial charge < -0.3 is 13.7 Å². The van der Waals surface area contributed by atoms with Gasteiger partial charge in [0.15, 0.2) is 5.82 Å². The highest BCUT2D eigenvalue weighted by Crippen LogP contribution is 2.24. The van der Waals surface area contributed by atoms with Gasteiger partial charge in [-0.15, -0.1) is 10.2 Å². The minimum Gasteiger partial charge on any atom is -0.496 e. The topological polar surface area (TPSA) is 87.1 Å². The molecule has 3 aromatic rings. The molecule has 0 aliphatic heterocycles. The second-order valence-electron chi connectivity index (χ2n) is 4.70. The predicted molar refractivity (Wildman–Crippen MR) is 83.3 cm³/mol. The molecule has 7 nitrogen and oxygen atoms in total. The van der Waals surface area contributed by atoms with Crippen molar-refractivity contribution >= 4 is 11.8 Å². The SMILES string of the molecule is CCc1noc(CSc2nnc(Cc3ccccc3OC)o2)n1. The maximum Gasteiger partial charge on any atom is 0.277 e. The molecule has 3 rings (SSSR count). The van der Waals surface area contributed by atoms with E-state index in [1.165, 1.54) is 11.8 Å². The van der Waals surface area contributed by atoms with E-state index in [4.69, 9.17) is 13.7 Å². The van der Waals surface area contributed by atoms with Gasteiger partial charge in [0.25, 0.3) is 5.22 Å². The summed E-state index contributed by atoms with van der Waals surface area (Å²) in [5.41, 5.74) is 1.000. The number of rotatable bonds is 7.